The van der Waals surface area contributed by atoms with Gasteiger partial charge in [0.2, 0.25) is 0 Å². The SMILES string of the molecule is COc1ccc2nccc(CCC[C@@H]3CCN(CCCc4ccccc4)C[C@@H]3CC#N)c2c1. The Morgan fingerprint density at radius 2 is 1.94 bits per heavy atom. The number of fused-ring (bicyclic) bond motifs is 1. The Morgan fingerprint density at radius 1 is 1.06 bits per heavy atom. The summed E-state index contributed by atoms with van der Waals surface area (Å²) in [5.74, 6) is 2.03. The molecule has 0 unspecified atom stereocenters. The van der Waals surface area contributed by atoms with E-state index in [9.17, 15) is 5.26 Å². The maximum atomic E-state index is 9.43. The summed E-state index contributed by atoms with van der Waals surface area (Å²) in [5.41, 5.74) is 3.79. The molecule has 2 heterocycles. The van der Waals surface area contributed by atoms with Gasteiger partial charge in [0.25, 0.3) is 0 Å². The van der Waals surface area contributed by atoms with Crippen molar-refractivity contribution >= 4 is 10.9 Å². The van der Waals surface area contributed by atoms with Crippen LogP contribution in [0.4, 0.5) is 0 Å². The van der Waals surface area contributed by atoms with E-state index in [-0.39, 0.29) is 0 Å². The van der Waals surface area contributed by atoms with Crippen LogP contribution in [0.3, 0.4) is 0 Å². The molecule has 0 spiro atoms. The summed E-state index contributed by atoms with van der Waals surface area (Å²) in [6, 6.07) is 21.5. The number of nitriles is 1. The summed E-state index contributed by atoms with van der Waals surface area (Å²) in [6.45, 7) is 3.37. The fraction of sp³-hybridized carbons (Fsp3) is 0.448. The van der Waals surface area contributed by atoms with Crippen molar-refractivity contribution in [1.29, 1.82) is 5.26 Å². The van der Waals surface area contributed by atoms with Gasteiger partial charge in [-0.3, -0.25) is 4.98 Å². The quantitative estimate of drug-likeness (QED) is 0.384. The predicted molar refractivity (Wildman–Crippen MR) is 134 cm³/mol. The molecule has 1 aliphatic rings. The summed E-state index contributed by atoms with van der Waals surface area (Å²) in [7, 11) is 1.71. The molecule has 0 aliphatic carbocycles. The van der Waals surface area contributed by atoms with Crippen LogP contribution in [0.2, 0.25) is 0 Å². The highest BCUT2D eigenvalue weighted by atomic mass is 16.5. The van der Waals surface area contributed by atoms with Crippen LogP contribution in [0.25, 0.3) is 10.9 Å². The van der Waals surface area contributed by atoms with Gasteiger partial charge in [-0.2, -0.15) is 5.26 Å². The van der Waals surface area contributed by atoms with Crippen molar-refractivity contribution in [2.24, 2.45) is 11.8 Å². The molecule has 1 saturated heterocycles. The standard InChI is InChI=1S/C29H35N3O/c1-33-27-12-13-29-28(21-27)25(15-18-31-29)11-5-10-24-16-20-32(22-26(24)14-17-30)19-6-9-23-7-3-2-4-8-23/h2-4,7-8,12-13,15,18,21,24,26H,5-6,9-11,14,16,19-20,22H2,1H3/t24-,26+/m1/s1. The molecule has 3 aromatic rings. The minimum absolute atomic E-state index is 0.495. The third kappa shape index (κ3) is 6.33. The molecule has 0 N–H and O–H groups in total. The Balaban J connectivity index is 1.28. The third-order valence-electron chi connectivity index (χ3n) is 7.17. The molecular formula is C29H35N3O. The number of hydrogen-bond acceptors (Lipinski definition) is 4. The van der Waals surface area contributed by atoms with Crippen molar-refractivity contribution < 1.29 is 4.74 Å². The summed E-state index contributed by atoms with van der Waals surface area (Å²) in [6.07, 6.45) is 9.51. The molecule has 172 valence electrons. The lowest BCUT2D eigenvalue weighted by atomic mass is 9.80. The molecular weight excluding hydrogens is 406 g/mol. The normalized spacial score (nSPS) is 18.8. The van der Waals surface area contributed by atoms with E-state index in [1.807, 2.05) is 18.3 Å². The van der Waals surface area contributed by atoms with E-state index < -0.39 is 0 Å². The first kappa shape index (κ1) is 23.3. The number of methoxy groups -OCH3 is 1. The van der Waals surface area contributed by atoms with Crippen molar-refractivity contribution in [3.63, 3.8) is 0 Å². The lowest BCUT2D eigenvalue weighted by molar-refractivity contribution is 0.113. The van der Waals surface area contributed by atoms with Gasteiger partial charge in [-0.25, -0.2) is 0 Å². The molecule has 0 bridgehead atoms. The smallest absolute Gasteiger partial charge is 0.119 e. The maximum Gasteiger partial charge on any atom is 0.119 e. The molecule has 33 heavy (non-hydrogen) atoms. The Labute approximate surface area is 198 Å². The van der Waals surface area contributed by atoms with Gasteiger partial charge in [0.15, 0.2) is 0 Å². The zero-order valence-electron chi connectivity index (χ0n) is 19.7. The molecule has 4 nitrogen and oxygen atoms in total. The van der Waals surface area contributed by atoms with Gasteiger partial charge in [-0.05, 0) is 98.8 Å². The van der Waals surface area contributed by atoms with Gasteiger partial charge in [0.05, 0.1) is 18.7 Å². The Morgan fingerprint density at radius 3 is 2.76 bits per heavy atom. The highest BCUT2D eigenvalue weighted by Crippen LogP contribution is 2.31. The van der Waals surface area contributed by atoms with Crippen LogP contribution in [0.1, 0.15) is 43.2 Å². The molecule has 1 aliphatic heterocycles. The molecule has 1 fully saturated rings. The van der Waals surface area contributed by atoms with Crippen LogP contribution < -0.4 is 4.74 Å². The number of hydrogen-bond donors (Lipinski definition) is 0. The van der Waals surface area contributed by atoms with Crippen molar-refractivity contribution in [2.75, 3.05) is 26.7 Å². The topological polar surface area (TPSA) is 49.1 Å². The Bertz CT molecular complexity index is 1060. The number of ether oxygens (including phenoxy) is 1. The first-order valence-corrected chi connectivity index (χ1v) is 12.3. The van der Waals surface area contributed by atoms with E-state index in [2.05, 4.69) is 58.4 Å². The highest BCUT2D eigenvalue weighted by molar-refractivity contribution is 5.83. The lowest BCUT2D eigenvalue weighted by Crippen LogP contribution is -2.41. The van der Waals surface area contributed by atoms with Gasteiger partial charge < -0.3 is 9.64 Å². The average molecular weight is 442 g/mol. The molecule has 0 saturated carbocycles. The fourth-order valence-corrected chi connectivity index (χ4v) is 5.32. The molecule has 0 amide bonds. The molecule has 0 radical (unpaired) electrons. The minimum Gasteiger partial charge on any atom is -0.497 e. The second-order valence-corrected chi connectivity index (χ2v) is 9.31. The van der Waals surface area contributed by atoms with E-state index in [1.54, 1.807) is 7.11 Å². The van der Waals surface area contributed by atoms with Gasteiger partial charge in [-0.1, -0.05) is 30.3 Å². The zero-order chi connectivity index (χ0) is 22.9. The number of benzene rings is 2. The summed E-state index contributed by atoms with van der Waals surface area (Å²) in [4.78, 5) is 7.09. The monoisotopic (exact) mass is 441 g/mol. The number of likely N-dealkylation sites (tertiary alicyclic amines) is 1. The summed E-state index contributed by atoms with van der Waals surface area (Å²) >= 11 is 0. The fourth-order valence-electron chi connectivity index (χ4n) is 5.32. The number of rotatable bonds is 10. The highest BCUT2D eigenvalue weighted by Gasteiger charge is 2.28. The molecule has 2 atom stereocenters. The van der Waals surface area contributed by atoms with Crippen LogP contribution in [0, 0.1) is 23.2 Å². The second-order valence-electron chi connectivity index (χ2n) is 9.31. The minimum atomic E-state index is 0.495. The number of aromatic nitrogens is 1. The predicted octanol–water partition coefficient (Wildman–Crippen LogP) is 6.05. The van der Waals surface area contributed by atoms with Crippen LogP contribution >= 0.6 is 0 Å². The van der Waals surface area contributed by atoms with Crippen LogP contribution in [0.5, 0.6) is 5.75 Å². The van der Waals surface area contributed by atoms with Crippen molar-refractivity contribution in [1.82, 2.24) is 9.88 Å². The number of pyridine rings is 1. The van der Waals surface area contributed by atoms with E-state index in [0.29, 0.717) is 18.3 Å². The number of aryl methyl sites for hydroxylation is 2. The maximum absolute atomic E-state index is 9.43. The van der Waals surface area contributed by atoms with Gasteiger partial charge in [0, 0.05) is 24.5 Å². The largest absolute Gasteiger partial charge is 0.497 e. The van der Waals surface area contributed by atoms with Gasteiger partial charge >= 0.3 is 0 Å². The van der Waals surface area contributed by atoms with Crippen LogP contribution in [-0.4, -0.2) is 36.6 Å². The van der Waals surface area contributed by atoms with E-state index in [4.69, 9.17) is 4.74 Å². The van der Waals surface area contributed by atoms with E-state index in [1.165, 1.54) is 35.8 Å². The van der Waals surface area contributed by atoms with Crippen molar-refractivity contribution in [3.8, 4) is 11.8 Å². The van der Waals surface area contributed by atoms with Crippen molar-refractivity contribution in [3.05, 3.63) is 71.9 Å². The molecule has 1 aromatic heterocycles. The second kappa shape index (κ2) is 11.8. The number of nitrogens with zero attached hydrogens (tertiary/aromatic N) is 3. The van der Waals surface area contributed by atoms with E-state index >= 15 is 0 Å². The third-order valence-corrected chi connectivity index (χ3v) is 7.17. The summed E-state index contributed by atoms with van der Waals surface area (Å²) in [5, 5.41) is 10.6. The summed E-state index contributed by atoms with van der Waals surface area (Å²) < 4.78 is 5.42. The first-order valence-electron chi connectivity index (χ1n) is 12.3. The first-order chi connectivity index (χ1) is 16.3. The lowest BCUT2D eigenvalue weighted by Gasteiger charge is -2.38. The van der Waals surface area contributed by atoms with Gasteiger partial charge in [0.1, 0.15) is 5.75 Å². The molecule has 2 aromatic carbocycles. The number of piperidine rings is 1. The van der Waals surface area contributed by atoms with Crippen molar-refractivity contribution in [2.45, 2.75) is 44.9 Å². The Hall–Kier alpha value is -2.90. The molecule has 4 heteroatoms. The zero-order valence-corrected chi connectivity index (χ0v) is 19.7. The van der Waals surface area contributed by atoms with Gasteiger partial charge in [-0.15, -0.1) is 0 Å². The van der Waals surface area contributed by atoms with Crippen LogP contribution in [-0.2, 0) is 12.8 Å². The molecule has 4 rings (SSSR count). The van der Waals surface area contributed by atoms with Crippen LogP contribution in [0.15, 0.2) is 60.8 Å². The Kier molecular flexibility index (Phi) is 8.33. The average Bonchev–Trinajstić information content (AvgIpc) is 2.86. The van der Waals surface area contributed by atoms with E-state index in [0.717, 1.165) is 50.2 Å².